The largest absolute Gasteiger partial charge is 0.493 e. The van der Waals surface area contributed by atoms with Crippen LogP contribution in [0.3, 0.4) is 0 Å². The summed E-state index contributed by atoms with van der Waals surface area (Å²) in [7, 11) is 1.45. The third-order valence-corrected chi connectivity index (χ3v) is 2.26. The van der Waals surface area contributed by atoms with Crippen molar-refractivity contribution in [2.75, 3.05) is 7.11 Å². The number of H-pyrrole nitrogens is 1. The van der Waals surface area contributed by atoms with E-state index in [1.165, 1.54) is 7.11 Å². The standard InChI is InChI=1S/C9H7ClN2O3/c1-15-7-4(10)2-3-5-6(7)12-8(11-5)9(13)14/h2-3H,1H3,(H,11,12)(H,13,14). The molecular formula is C9H7ClN2O3. The predicted octanol–water partition coefficient (Wildman–Crippen LogP) is 1.92. The van der Waals surface area contributed by atoms with E-state index in [0.717, 1.165) is 0 Å². The van der Waals surface area contributed by atoms with Crippen LogP contribution in [0.25, 0.3) is 11.0 Å². The number of halogens is 1. The Hall–Kier alpha value is -1.75. The Morgan fingerprint density at radius 3 is 2.93 bits per heavy atom. The number of hydrogen-bond acceptors (Lipinski definition) is 3. The molecule has 0 spiro atoms. The summed E-state index contributed by atoms with van der Waals surface area (Å²) in [5.74, 6) is -0.882. The number of carboxylic acid groups (broad SMARTS) is 1. The van der Waals surface area contributed by atoms with Crippen LogP contribution in [0.4, 0.5) is 0 Å². The molecule has 1 heterocycles. The lowest BCUT2D eigenvalue weighted by Crippen LogP contribution is -1.97. The first-order valence-electron chi connectivity index (χ1n) is 4.09. The maximum Gasteiger partial charge on any atom is 0.371 e. The fourth-order valence-corrected chi connectivity index (χ4v) is 1.55. The average molecular weight is 227 g/mol. The fraction of sp³-hybridized carbons (Fsp3) is 0.111. The van der Waals surface area contributed by atoms with Crippen LogP contribution >= 0.6 is 11.6 Å². The van der Waals surface area contributed by atoms with Gasteiger partial charge in [-0.1, -0.05) is 11.6 Å². The zero-order chi connectivity index (χ0) is 11.0. The van der Waals surface area contributed by atoms with Crippen LogP contribution in [0.5, 0.6) is 5.75 Å². The maximum absolute atomic E-state index is 10.7. The lowest BCUT2D eigenvalue weighted by molar-refractivity contribution is 0.0685. The highest BCUT2D eigenvalue weighted by molar-refractivity contribution is 6.33. The van der Waals surface area contributed by atoms with Crippen molar-refractivity contribution < 1.29 is 14.6 Å². The van der Waals surface area contributed by atoms with Crippen LogP contribution in [0.2, 0.25) is 5.02 Å². The van der Waals surface area contributed by atoms with Gasteiger partial charge in [0.25, 0.3) is 0 Å². The minimum Gasteiger partial charge on any atom is -0.493 e. The molecule has 0 bridgehead atoms. The van der Waals surface area contributed by atoms with Crippen molar-refractivity contribution in [2.24, 2.45) is 0 Å². The minimum atomic E-state index is -1.12. The summed E-state index contributed by atoms with van der Waals surface area (Å²) < 4.78 is 5.04. The van der Waals surface area contributed by atoms with Gasteiger partial charge < -0.3 is 14.8 Å². The number of fused-ring (bicyclic) bond motifs is 1. The summed E-state index contributed by atoms with van der Waals surface area (Å²) >= 11 is 5.87. The SMILES string of the molecule is COc1c(Cl)ccc2[nH]c(C(=O)O)nc12. The quantitative estimate of drug-likeness (QED) is 0.820. The highest BCUT2D eigenvalue weighted by atomic mass is 35.5. The van der Waals surface area contributed by atoms with Gasteiger partial charge in [0.15, 0.2) is 5.75 Å². The first kappa shape index (κ1) is 9.79. The number of ether oxygens (including phenoxy) is 1. The molecule has 1 aromatic heterocycles. The zero-order valence-corrected chi connectivity index (χ0v) is 8.50. The van der Waals surface area contributed by atoms with Crippen LogP contribution in [0, 0.1) is 0 Å². The number of benzene rings is 1. The van der Waals surface area contributed by atoms with E-state index in [-0.39, 0.29) is 5.82 Å². The van der Waals surface area contributed by atoms with Gasteiger partial charge in [0.05, 0.1) is 17.6 Å². The number of hydrogen-bond donors (Lipinski definition) is 2. The molecule has 1 aromatic carbocycles. The Bertz CT molecular complexity index is 535. The van der Waals surface area contributed by atoms with Gasteiger partial charge >= 0.3 is 5.97 Å². The summed E-state index contributed by atoms with van der Waals surface area (Å²) in [6, 6.07) is 3.27. The second-order valence-electron chi connectivity index (χ2n) is 2.87. The van der Waals surface area contributed by atoms with Crippen molar-refractivity contribution in [1.29, 1.82) is 0 Å². The number of imidazole rings is 1. The number of nitrogens with zero attached hydrogens (tertiary/aromatic N) is 1. The molecule has 15 heavy (non-hydrogen) atoms. The first-order valence-corrected chi connectivity index (χ1v) is 4.46. The molecule has 2 N–H and O–H groups in total. The highest BCUT2D eigenvalue weighted by Gasteiger charge is 2.14. The molecule has 0 unspecified atom stereocenters. The van der Waals surface area contributed by atoms with Gasteiger partial charge in [0.2, 0.25) is 5.82 Å². The topological polar surface area (TPSA) is 75.2 Å². The van der Waals surface area contributed by atoms with Gasteiger partial charge in [-0.05, 0) is 12.1 Å². The Balaban J connectivity index is 2.75. The van der Waals surface area contributed by atoms with E-state index in [1.807, 2.05) is 0 Å². The molecule has 78 valence electrons. The second kappa shape index (κ2) is 3.43. The molecule has 0 atom stereocenters. The Kier molecular flexibility index (Phi) is 2.24. The van der Waals surface area contributed by atoms with Gasteiger partial charge in [0.1, 0.15) is 5.52 Å². The van der Waals surface area contributed by atoms with Crippen LogP contribution in [0.15, 0.2) is 12.1 Å². The van der Waals surface area contributed by atoms with Gasteiger partial charge in [0, 0.05) is 0 Å². The van der Waals surface area contributed by atoms with Crippen LogP contribution < -0.4 is 4.74 Å². The van der Waals surface area contributed by atoms with E-state index < -0.39 is 5.97 Å². The first-order chi connectivity index (χ1) is 7.13. The molecule has 2 rings (SSSR count). The van der Waals surface area contributed by atoms with Crippen LogP contribution in [0.1, 0.15) is 10.6 Å². The molecule has 0 aliphatic carbocycles. The van der Waals surface area contributed by atoms with Crippen molar-refractivity contribution in [1.82, 2.24) is 9.97 Å². The van der Waals surface area contributed by atoms with Crippen molar-refractivity contribution in [3.05, 3.63) is 23.0 Å². The van der Waals surface area contributed by atoms with E-state index >= 15 is 0 Å². The number of aromatic amines is 1. The van der Waals surface area contributed by atoms with E-state index in [1.54, 1.807) is 12.1 Å². The Labute approximate surface area is 89.6 Å². The van der Waals surface area contributed by atoms with E-state index in [4.69, 9.17) is 21.4 Å². The third kappa shape index (κ3) is 1.50. The molecule has 0 fully saturated rings. The normalized spacial score (nSPS) is 10.5. The van der Waals surface area contributed by atoms with E-state index in [9.17, 15) is 4.79 Å². The maximum atomic E-state index is 10.7. The molecule has 5 nitrogen and oxygen atoms in total. The minimum absolute atomic E-state index is 0.134. The number of rotatable bonds is 2. The molecule has 0 amide bonds. The summed E-state index contributed by atoms with van der Waals surface area (Å²) in [5.41, 5.74) is 0.996. The second-order valence-corrected chi connectivity index (χ2v) is 3.27. The Morgan fingerprint density at radius 1 is 1.60 bits per heavy atom. The molecule has 0 radical (unpaired) electrons. The van der Waals surface area contributed by atoms with Crippen molar-refractivity contribution in [3.8, 4) is 5.75 Å². The molecule has 0 saturated heterocycles. The lowest BCUT2D eigenvalue weighted by atomic mass is 10.3. The molecule has 2 aromatic rings. The molecular weight excluding hydrogens is 220 g/mol. The molecule has 6 heteroatoms. The van der Waals surface area contributed by atoms with E-state index in [0.29, 0.717) is 21.8 Å². The van der Waals surface area contributed by atoms with Gasteiger partial charge in [-0.2, -0.15) is 0 Å². The number of aromatic nitrogens is 2. The van der Waals surface area contributed by atoms with Gasteiger partial charge in [-0.15, -0.1) is 0 Å². The van der Waals surface area contributed by atoms with Crippen LogP contribution in [-0.2, 0) is 0 Å². The summed E-state index contributed by atoms with van der Waals surface area (Å²) in [4.78, 5) is 17.2. The van der Waals surface area contributed by atoms with Crippen molar-refractivity contribution in [2.45, 2.75) is 0 Å². The van der Waals surface area contributed by atoms with Crippen molar-refractivity contribution >= 4 is 28.6 Å². The van der Waals surface area contributed by atoms with E-state index in [2.05, 4.69) is 9.97 Å². The number of methoxy groups -OCH3 is 1. The lowest BCUT2D eigenvalue weighted by Gasteiger charge is -2.01. The van der Waals surface area contributed by atoms with Crippen LogP contribution in [-0.4, -0.2) is 28.2 Å². The molecule has 0 saturated carbocycles. The summed E-state index contributed by atoms with van der Waals surface area (Å²) in [5, 5.41) is 9.15. The fourth-order valence-electron chi connectivity index (χ4n) is 1.32. The summed E-state index contributed by atoms with van der Waals surface area (Å²) in [6.45, 7) is 0. The van der Waals surface area contributed by atoms with Gasteiger partial charge in [-0.3, -0.25) is 0 Å². The monoisotopic (exact) mass is 226 g/mol. The highest BCUT2D eigenvalue weighted by Crippen LogP contribution is 2.31. The number of carbonyl (C=O) groups is 1. The number of carboxylic acids is 1. The summed E-state index contributed by atoms with van der Waals surface area (Å²) in [6.07, 6.45) is 0. The average Bonchev–Trinajstić information content (AvgIpc) is 2.61. The third-order valence-electron chi connectivity index (χ3n) is 1.97. The smallest absolute Gasteiger partial charge is 0.371 e. The number of aromatic carboxylic acids is 1. The zero-order valence-electron chi connectivity index (χ0n) is 7.74. The Morgan fingerprint density at radius 2 is 2.33 bits per heavy atom. The number of nitrogens with one attached hydrogen (secondary N) is 1. The predicted molar refractivity (Wildman–Crippen MR) is 54.6 cm³/mol. The molecule has 0 aliphatic heterocycles. The van der Waals surface area contributed by atoms with Gasteiger partial charge in [-0.25, -0.2) is 9.78 Å². The van der Waals surface area contributed by atoms with Crippen molar-refractivity contribution in [3.63, 3.8) is 0 Å². The molecule has 0 aliphatic rings.